The predicted octanol–water partition coefficient (Wildman–Crippen LogP) is 1.31. The second-order valence-electron chi connectivity index (χ2n) is 4.93. The predicted molar refractivity (Wildman–Crippen MR) is 59.8 cm³/mol. The zero-order valence-corrected chi connectivity index (χ0v) is 9.45. The van der Waals surface area contributed by atoms with Gasteiger partial charge in [0.25, 0.3) is 0 Å². The molecular formula is C12H23NO2. The molecule has 1 aliphatic heterocycles. The lowest BCUT2D eigenvalue weighted by atomic mass is 9.92. The van der Waals surface area contributed by atoms with Gasteiger partial charge in [-0.15, -0.1) is 0 Å². The van der Waals surface area contributed by atoms with Crippen LogP contribution < -0.4 is 5.32 Å². The monoisotopic (exact) mass is 213 g/mol. The van der Waals surface area contributed by atoms with Crippen LogP contribution in [-0.2, 0) is 4.74 Å². The lowest BCUT2D eigenvalue weighted by molar-refractivity contribution is 0.0901. The largest absolute Gasteiger partial charge is 0.392 e. The summed E-state index contributed by atoms with van der Waals surface area (Å²) in [4.78, 5) is 0. The second-order valence-corrected chi connectivity index (χ2v) is 4.93. The average Bonchev–Trinajstić information content (AvgIpc) is 2.74. The molecule has 2 fully saturated rings. The van der Waals surface area contributed by atoms with Gasteiger partial charge in [-0.1, -0.05) is 12.8 Å². The minimum Gasteiger partial charge on any atom is -0.392 e. The smallest absolute Gasteiger partial charge is 0.0693 e. The van der Waals surface area contributed by atoms with E-state index in [0.29, 0.717) is 6.04 Å². The zero-order valence-electron chi connectivity index (χ0n) is 9.45. The highest BCUT2D eigenvalue weighted by Crippen LogP contribution is 2.19. The number of aliphatic hydroxyl groups excluding tert-OH is 1. The quantitative estimate of drug-likeness (QED) is 0.740. The van der Waals surface area contributed by atoms with Gasteiger partial charge in [-0.2, -0.15) is 0 Å². The maximum Gasteiger partial charge on any atom is 0.0693 e. The van der Waals surface area contributed by atoms with E-state index >= 15 is 0 Å². The number of nitrogens with one attached hydrogen (secondary N) is 1. The van der Waals surface area contributed by atoms with E-state index in [9.17, 15) is 5.11 Å². The first kappa shape index (κ1) is 11.4. The van der Waals surface area contributed by atoms with E-state index in [2.05, 4.69) is 5.32 Å². The van der Waals surface area contributed by atoms with Gasteiger partial charge in [0.2, 0.25) is 0 Å². The van der Waals surface area contributed by atoms with Crippen molar-refractivity contribution in [1.29, 1.82) is 0 Å². The average molecular weight is 213 g/mol. The van der Waals surface area contributed by atoms with Crippen molar-refractivity contribution >= 4 is 0 Å². The first-order valence-electron chi connectivity index (χ1n) is 6.35. The Labute approximate surface area is 92.2 Å². The van der Waals surface area contributed by atoms with Crippen LogP contribution in [0, 0.1) is 5.92 Å². The number of rotatable bonds is 4. The normalized spacial score (nSPS) is 37.0. The van der Waals surface area contributed by atoms with Crippen molar-refractivity contribution in [3.05, 3.63) is 0 Å². The van der Waals surface area contributed by atoms with Crippen LogP contribution in [0.5, 0.6) is 0 Å². The molecule has 1 aliphatic carbocycles. The number of hydrogen-bond donors (Lipinski definition) is 2. The first-order chi connectivity index (χ1) is 7.36. The summed E-state index contributed by atoms with van der Waals surface area (Å²) < 4.78 is 5.34. The topological polar surface area (TPSA) is 41.5 Å². The van der Waals surface area contributed by atoms with E-state index in [1.54, 1.807) is 0 Å². The first-order valence-corrected chi connectivity index (χ1v) is 6.35. The fraction of sp³-hybridized carbons (Fsp3) is 1.00. The molecule has 1 heterocycles. The Bertz CT molecular complexity index is 180. The minimum atomic E-state index is -0.112. The SMILES string of the molecule is OC1CCCCC1NCCC1CCOC1. The summed E-state index contributed by atoms with van der Waals surface area (Å²) in [6.07, 6.45) is 6.88. The summed E-state index contributed by atoms with van der Waals surface area (Å²) >= 11 is 0. The van der Waals surface area contributed by atoms with Crippen molar-refractivity contribution in [3.63, 3.8) is 0 Å². The molecule has 2 rings (SSSR count). The summed E-state index contributed by atoms with van der Waals surface area (Å²) in [5.41, 5.74) is 0. The molecule has 3 unspecified atom stereocenters. The Morgan fingerprint density at radius 2 is 2.07 bits per heavy atom. The van der Waals surface area contributed by atoms with Gasteiger partial charge in [-0.05, 0) is 38.1 Å². The van der Waals surface area contributed by atoms with E-state index in [0.717, 1.165) is 38.5 Å². The Morgan fingerprint density at radius 3 is 2.80 bits per heavy atom. The summed E-state index contributed by atoms with van der Waals surface area (Å²) in [6, 6.07) is 0.348. The van der Waals surface area contributed by atoms with Crippen LogP contribution >= 0.6 is 0 Å². The number of hydrogen-bond acceptors (Lipinski definition) is 3. The van der Waals surface area contributed by atoms with Crippen LogP contribution in [0.15, 0.2) is 0 Å². The molecule has 3 nitrogen and oxygen atoms in total. The van der Waals surface area contributed by atoms with Gasteiger partial charge >= 0.3 is 0 Å². The Balaban J connectivity index is 1.59. The maximum atomic E-state index is 9.77. The third kappa shape index (κ3) is 3.44. The van der Waals surface area contributed by atoms with Crippen molar-refractivity contribution < 1.29 is 9.84 Å². The summed E-state index contributed by atoms with van der Waals surface area (Å²) in [5.74, 6) is 0.748. The molecule has 15 heavy (non-hydrogen) atoms. The van der Waals surface area contributed by atoms with E-state index in [-0.39, 0.29) is 6.10 Å². The van der Waals surface area contributed by atoms with Crippen molar-refractivity contribution in [2.45, 2.75) is 50.7 Å². The molecule has 88 valence electrons. The highest BCUT2D eigenvalue weighted by molar-refractivity contribution is 4.80. The van der Waals surface area contributed by atoms with Crippen molar-refractivity contribution in [1.82, 2.24) is 5.32 Å². The van der Waals surface area contributed by atoms with Crippen molar-refractivity contribution in [3.8, 4) is 0 Å². The highest BCUT2D eigenvalue weighted by Gasteiger charge is 2.22. The molecule has 1 saturated heterocycles. The second kappa shape index (κ2) is 5.83. The van der Waals surface area contributed by atoms with Gasteiger partial charge in [0.15, 0.2) is 0 Å². The van der Waals surface area contributed by atoms with Crippen LogP contribution in [-0.4, -0.2) is 37.0 Å². The summed E-state index contributed by atoms with van der Waals surface area (Å²) in [7, 11) is 0. The van der Waals surface area contributed by atoms with Gasteiger partial charge in [-0.3, -0.25) is 0 Å². The fourth-order valence-corrected chi connectivity index (χ4v) is 2.63. The van der Waals surface area contributed by atoms with Crippen LogP contribution in [0.4, 0.5) is 0 Å². The molecule has 0 aromatic heterocycles. The molecule has 0 aromatic rings. The van der Waals surface area contributed by atoms with Crippen LogP contribution in [0.3, 0.4) is 0 Å². The zero-order chi connectivity index (χ0) is 10.5. The Kier molecular flexibility index (Phi) is 4.42. The maximum absolute atomic E-state index is 9.77. The third-order valence-electron chi connectivity index (χ3n) is 3.71. The lowest BCUT2D eigenvalue weighted by Gasteiger charge is -2.28. The van der Waals surface area contributed by atoms with Crippen LogP contribution in [0.1, 0.15) is 38.5 Å². The van der Waals surface area contributed by atoms with E-state index in [4.69, 9.17) is 4.74 Å². The van der Waals surface area contributed by atoms with Gasteiger partial charge in [0.1, 0.15) is 0 Å². The molecule has 0 radical (unpaired) electrons. The molecule has 3 heteroatoms. The molecule has 0 spiro atoms. The van der Waals surface area contributed by atoms with E-state index in [1.165, 1.54) is 25.7 Å². The van der Waals surface area contributed by atoms with Crippen LogP contribution in [0.25, 0.3) is 0 Å². The standard InChI is InChI=1S/C12H23NO2/c14-12-4-2-1-3-11(12)13-7-5-10-6-8-15-9-10/h10-14H,1-9H2. The van der Waals surface area contributed by atoms with E-state index < -0.39 is 0 Å². The van der Waals surface area contributed by atoms with Crippen molar-refractivity contribution in [2.75, 3.05) is 19.8 Å². The molecule has 0 amide bonds. The third-order valence-corrected chi connectivity index (χ3v) is 3.71. The molecule has 3 atom stereocenters. The van der Waals surface area contributed by atoms with Gasteiger partial charge in [0.05, 0.1) is 6.10 Å². The van der Waals surface area contributed by atoms with Gasteiger partial charge < -0.3 is 15.2 Å². The van der Waals surface area contributed by atoms with E-state index in [1.807, 2.05) is 0 Å². The summed E-state index contributed by atoms with van der Waals surface area (Å²) in [6.45, 7) is 2.92. The Morgan fingerprint density at radius 1 is 1.20 bits per heavy atom. The summed E-state index contributed by atoms with van der Waals surface area (Å²) in [5, 5.41) is 13.3. The van der Waals surface area contributed by atoms with Gasteiger partial charge in [-0.25, -0.2) is 0 Å². The minimum absolute atomic E-state index is 0.112. The Hall–Kier alpha value is -0.120. The lowest BCUT2D eigenvalue weighted by Crippen LogP contribution is -2.42. The highest BCUT2D eigenvalue weighted by atomic mass is 16.5. The van der Waals surface area contributed by atoms with Crippen LogP contribution in [0.2, 0.25) is 0 Å². The number of ether oxygens (including phenoxy) is 1. The van der Waals surface area contributed by atoms with Gasteiger partial charge in [0, 0.05) is 19.3 Å². The number of aliphatic hydroxyl groups is 1. The molecule has 0 aromatic carbocycles. The molecule has 2 N–H and O–H groups in total. The molecular weight excluding hydrogens is 190 g/mol. The molecule has 1 saturated carbocycles. The molecule has 0 bridgehead atoms. The molecule has 2 aliphatic rings. The van der Waals surface area contributed by atoms with Crippen molar-refractivity contribution in [2.24, 2.45) is 5.92 Å². The fourth-order valence-electron chi connectivity index (χ4n) is 2.63.